The van der Waals surface area contributed by atoms with Gasteiger partial charge in [0.1, 0.15) is 0 Å². The number of carbonyl (C=O) groups is 1. The van der Waals surface area contributed by atoms with E-state index in [1.165, 1.54) is 0 Å². The van der Waals surface area contributed by atoms with Gasteiger partial charge in [0.25, 0.3) is 0 Å². The van der Waals surface area contributed by atoms with Crippen molar-refractivity contribution in [2.45, 2.75) is 0 Å². The number of hydrogen-bond donors (Lipinski definition) is 1. The summed E-state index contributed by atoms with van der Waals surface area (Å²) in [6.07, 6.45) is 0. The van der Waals surface area contributed by atoms with Crippen LogP contribution < -0.4 is 5.73 Å². The van der Waals surface area contributed by atoms with Crippen molar-refractivity contribution in [1.29, 1.82) is 0 Å². The van der Waals surface area contributed by atoms with E-state index in [9.17, 15) is 4.79 Å². The van der Waals surface area contributed by atoms with Crippen LogP contribution in [0.1, 0.15) is 0 Å². The van der Waals surface area contributed by atoms with Gasteiger partial charge < -0.3 is 5.73 Å². The molecule has 2 N–H and O–H groups in total. The zero-order chi connectivity index (χ0) is 8.20. The summed E-state index contributed by atoms with van der Waals surface area (Å²) in [6, 6.07) is 0. The molecule has 0 unspecified atom stereocenters. The maximum Gasteiger partial charge on any atom is 0.227 e. The zero-order valence-electron chi connectivity index (χ0n) is 5.24. The minimum absolute atomic E-state index is 0.0648. The molecule has 0 saturated heterocycles. The molecule has 2 nitrogen and oxygen atoms in total. The Morgan fingerprint density at radius 1 is 1.20 bits per heavy atom. The van der Waals surface area contributed by atoms with Crippen molar-refractivity contribution in [3.05, 3.63) is 0 Å². The number of amides is 1. The Bertz CT molecular complexity index is 116. The second-order valence-corrected chi connectivity index (χ2v) is 2.85. The first-order valence-electron chi connectivity index (χ1n) is 2.61. The fourth-order valence-electron chi connectivity index (χ4n) is 0.305. The minimum atomic E-state index is -0.940. The smallest absolute Gasteiger partial charge is 0.227 e. The van der Waals surface area contributed by atoms with Gasteiger partial charge in [-0.3, -0.25) is 4.79 Å². The van der Waals surface area contributed by atoms with Crippen LogP contribution in [-0.2, 0) is 4.79 Å². The van der Waals surface area contributed by atoms with E-state index in [-0.39, 0.29) is 17.6 Å². The van der Waals surface area contributed by atoms with Gasteiger partial charge >= 0.3 is 0 Å². The average Bonchev–Trinajstić information content (AvgIpc) is 1.92. The highest BCUT2D eigenvalue weighted by molar-refractivity contribution is 6.27. The van der Waals surface area contributed by atoms with Crippen molar-refractivity contribution in [2.75, 3.05) is 17.6 Å². The largest absolute Gasteiger partial charge is 0.369 e. The summed E-state index contributed by atoms with van der Waals surface area (Å²) >= 11 is 16.3. The lowest BCUT2D eigenvalue weighted by atomic mass is 9.95. The van der Waals surface area contributed by atoms with E-state index in [0.29, 0.717) is 0 Å². The number of primary amides is 1. The van der Waals surface area contributed by atoms with Gasteiger partial charge in [-0.1, -0.05) is 0 Å². The van der Waals surface area contributed by atoms with E-state index in [0.717, 1.165) is 0 Å². The van der Waals surface area contributed by atoms with Crippen LogP contribution in [0.25, 0.3) is 0 Å². The van der Waals surface area contributed by atoms with Crippen molar-refractivity contribution < 1.29 is 4.79 Å². The van der Waals surface area contributed by atoms with Crippen LogP contribution in [-0.4, -0.2) is 23.5 Å². The van der Waals surface area contributed by atoms with Crippen LogP contribution in [0.3, 0.4) is 0 Å². The first kappa shape index (κ1) is 10.3. The lowest BCUT2D eigenvalue weighted by Crippen LogP contribution is -2.42. The number of hydrogen-bond acceptors (Lipinski definition) is 1. The molecule has 0 spiro atoms. The fraction of sp³-hybridized carbons (Fsp3) is 0.800. The molecule has 0 saturated carbocycles. The maximum absolute atomic E-state index is 10.7. The van der Waals surface area contributed by atoms with Gasteiger partial charge in [-0.2, -0.15) is 0 Å². The van der Waals surface area contributed by atoms with Gasteiger partial charge in [-0.25, -0.2) is 0 Å². The van der Waals surface area contributed by atoms with Crippen molar-refractivity contribution in [3.8, 4) is 0 Å². The summed E-state index contributed by atoms with van der Waals surface area (Å²) in [4.78, 5) is 10.7. The second kappa shape index (κ2) is 4.27. The third kappa shape index (κ3) is 1.91. The van der Waals surface area contributed by atoms with E-state index in [2.05, 4.69) is 0 Å². The summed E-state index contributed by atoms with van der Waals surface area (Å²) in [6.45, 7) is 0. The minimum Gasteiger partial charge on any atom is -0.369 e. The molecule has 0 aromatic carbocycles. The van der Waals surface area contributed by atoms with Crippen LogP contribution in [0.5, 0.6) is 0 Å². The van der Waals surface area contributed by atoms with Crippen LogP contribution in [0.15, 0.2) is 0 Å². The predicted molar refractivity (Wildman–Crippen MR) is 43.8 cm³/mol. The molecule has 5 heteroatoms. The van der Waals surface area contributed by atoms with Crippen LogP contribution in [0, 0.1) is 5.41 Å². The third-order valence-electron chi connectivity index (χ3n) is 1.29. The maximum atomic E-state index is 10.7. The summed E-state index contributed by atoms with van der Waals surface area (Å²) in [5.41, 5.74) is 4.07. The molecule has 0 atom stereocenters. The van der Waals surface area contributed by atoms with Gasteiger partial charge in [-0.15, -0.1) is 34.8 Å². The number of nitrogens with two attached hydrogens (primary N) is 1. The second-order valence-electron chi connectivity index (χ2n) is 2.05. The summed E-state index contributed by atoms with van der Waals surface area (Å²) in [5, 5.41) is 0. The Hall–Kier alpha value is 0.340. The van der Waals surface area contributed by atoms with Gasteiger partial charge in [0, 0.05) is 17.6 Å². The van der Waals surface area contributed by atoms with E-state index in [4.69, 9.17) is 40.5 Å². The number of carbonyl (C=O) groups excluding carboxylic acids is 1. The molecule has 60 valence electrons. The van der Waals surface area contributed by atoms with Gasteiger partial charge in [0.2, 0.25) is 5.91 Å². The molecule has 0 rings (SSSR count). The molecular formula is C5H8Cl3NO. The first-order valence-corrected chi connectivity index (χ1v) is 4.21. The van der Waals surface area contributed by atoms with Crippen LogP contribution in [0.4, 0.5) is 0 Å². The SMILES string of the molecule is NC(=O)C(CCl)(CCl)CCl. The predicted octanol–water partition coefficient (Wildman–Crippen LogP) is 1.17. The van der Waals surface area contributed by atoms with Crippen LogP contribution >= 0.6 is 34.8 Å². The van der Waals surface area contributed by atoms with E-state index in [1.807, 2.05) is 0 Å². The summed E-state index contributed by atoms with van der Waals surface area (Å²) in [7, 11) is 0. The normalized spacial score (nSPS) is 11.5. The molecule has 0 fully saturated rings. The highest BCUT2D eigenvalue weighted by atomic mass is 35.5. The topological polar surface area (TPSA) is 43.1 Å². The van der Waals surface area contributed by atoms with Gasteiger partial charge in [-0.05, 0) is 0 Å². The molecule has 0 aliphatic carbocycles. The van der Waals surface area contributed by atoms with Crippen molar-refractivity contribution in [2.24, 2.45) is 11.1 Å². The fourth-order valence-corrected chi connectivity index (χ4v) is 1.56. The quantitative estimate of drug-likeness (QED) is 0.687. The Labute approximate surface area is 74.6 Å². The number of alkyl halides is 3. The molecule has 0 aliphatic rings. The molecule has 10 heavy (non-hydrogen) atoms. The molecule has 0 aromatic rings. The van der Waals surface area contributed by atoms with Crippen molar-refractivity contribution in [3.63, 3.8) is 0 Å². The molecule has 0 radical (unpaired) electrons. The molecule has 0 aromatic heterocycles. The lowest BCUT2D eigenvalue weighted by molar-refractivity contribution is -0.124. The molecule has 1 amide bonds. The average molecular weight is 204 g/mol. The lowest BCUT2D eigenvalue weighted by Gasteiger charge is -2.21. The third-order valence-corrected chi connectivity index (χ3v) is 2.82. The summed E-state index contributed by atoms with van der Waals surface area (Å²) < 4.78 is 0. The van der Waals surface area contributed by atoms with Gasteiger partial charge in [0.15, 0.2) is 0 Å². The Morgan fingerprint density at radius 3 is 1.50 bits per heavy atom. The molecular weight excluding hydrogens is 196 g/mol. The van der Waals surface area contributed by atoms with E-state index in [1.54, 1.807) is 0 Å². The van der Waals surface area contributed by atoms with Crippen molar-refractivity contribution >= 4 is 40.7 Å². The molecule has 0 bridgehead atoms. The monoisotopic (exact) mass is 203 g/mol. The van der Waals surface area contributed by atoms with E-state index >= 15 is 0 Å². The Morgan fingerprint density at radius 2 is 1.50 bits per heavy atom. The molecule has 0 heterocycles. The Kier molecular flexibility index (Phi) is 4.41. The van der Waals surface area contributed by atoms with Gasteiger partial charge in [0.05, 0.1) is 5.41 Å². The Balaban J connectivity index is 4.31. The van der Waals surface area contributed by atoms with Crippen molar-refractivity contribution in [1.82, 2.24) is 0 Å². The summed E-state index contributed by atoms with van der Waals surface area (Å²) in [5.74, 6) is -0.354. The number of halogens is 3. The zero-order valence-corrected chi connectivity index (χ0v) is 7.51. The number of rotatable bonds is 4. The highest BCUT2D eigenvalue weighted by Gasteiger charge is 2.33. The van der Waals surface area contributed by atoms with Crippen LogP contribution in [0.2, 0.25) is 0 Å². The van der Waals surface area contributed by atoms with E-state index < -0.39 is 11.3 Å². The molecule has 0 aliphatic heterocycles. The standard InChI is InChI=1S/C5H8Cl3NO/c6-1-5(2-7,3-8)4(9)10/h1-3H2,(H2,9,10). The first-order chi connectivity index (χ1) is 4.63. The highest BCUT2D eigenvalue weighted by Crippen LogP contribution is 2.22.